The van der Waals surface area contributed by atoms with Crippen LogP contribution in [0.4, 0.5) is 0 Å². The third-order valence-electron chi connectivity index (χ3n) is 3.09. The Morgan fingerprint density at radius 1 is 1.24 bits per heavy atom. The van der Waals surface area contributed by atoms with E-state index in [0.717, 1.165) is 5.56 Å². The molecule has 0 fully saturated rings. The second-order valence-electron chi connectivity index (χ2n) is 4.08. The van der Waals surface area contributed by atoms with Crippen molar-refractivity contribution in [3.63, 3.8) is 0 Å². The van der Waals surface area contributed by atoms with Crippen LogP contribution in [-0.4, -0.2) is 11.2 Å². The van der Waals surface area contributed by atoms with Gasteiger partial charge in [-0.2, -0.15) is 0 Å². The van der Waals surface area contributed by atoms with Crippen molar-refractivity contribution in [2.75, 3.05) is 0 Å². The van der Waals surface area contributed by atoms with E-state index in [2.05, 4.69) is 0 Å². The average molecular weight is 267 g/mol. The number of alkyl halides is 1. The topological polar surface area (TPSA) is 17.1 Å². The van der Waals surface area contributed by atoms with Crippen LogP contribution in [0.3, 0.4) is 0 Å². The lowest BCUT2D eigenvalue weighted by Crippen LogP contribution is -2.41. The first-order chi connectivity index (χ1) is 8.07. The third kappa shape index (κ3) is 2.05. The Labute approximate surface area is 111 Å². The minimum atomic E-state index is -0.777. The van der Waals surface area contributed by atoms with Gasteiger partial charge >= 0.3 is 0 Å². The fourth-order valence-electron chi connectivity index (χ4n) is 2.11. The summed E-state index contributed by atoms with van der Waals surface area (Å²) in [7, 11) is 0. The van der Waals surface area contributed by atoms with Crippen molar-refractivity contribution in [3.05, 3.63) is 59.2 Å². The molecule has 0 saturated heterocycles. The Bertz CT molecular complexity index is 487. The predicted molar refractivity (Wildman–Crippen MR) is 71.7 cm³/mol. The van der Waals surface area contributed by atoms with Crippen LogP contribution < -0.4 is 0 Å². The molecule has 0 aliphatic heterocycles. The quantitative estimate of drug-likeness (QED) is 0.743. The van der Waals surface area contributed by atoms with Gasteiger partial charge in [0.1, 0.15) is 5.78 Å². The first-order valence-corrected chi connectivity index (χ1v) is 6.16. The Balaban J connectivity index is 2.56. The molecule has 17 heavy (non-hydrogen) atoms. The molecule has 0 amide bonds. The van der Waals surface area contributed by atoms with Crippen molar-refractivity contribution in [2.45, 2.75) is 17.7 Å². The number of hydrogen-bond acceptors (Lipinski definition) is 1. The monoisotopic (exact) mass is 266 g/mol. The minimum Gasteiger partial charge on any atom is -0.299 e. The lowest BCUT2D eigenvalue weighted by atomic mass is 9.72. The normalized spacial score (nSPS) is 27.1. The molecular weight excluding hydrogens is 255 g/mol. The highest BCUT2D eigenvalue weighted by atomic mass is 35.5. The van der Waals surface area contributed by atoms with Crippen LogP contribution in [0.5, 0.6) is 0 Å². The Hall–Kier alpha value is -1.05. The van der Waals surface area contributed by atoms with Crippen molar-refractivity contribution < 1.29 is 4.79 Å². The molecule has 0 spiro atoms. The highest BCUT2D eigenvalue weighted by Crippen LogP contribution is 2.37. The molecule has 3 heteroatoms. The summed E-state index contributed by atoms with van der Waals surface area (Å²) >= 11 is 12.2. The van der Waals surface area contributed by atoms with E-state index in [9.17, 15) is 4.79 Å². The van der Waals surface area contributed by atoms with E-state index in [4.69, 9.17) is 23.2 Å². The van der Waals surface area contributed by atoms with Gasteiger partial charge in [-0.15, -0.1) is 11.6 Å². The minimum absolute atomic E-state index is 0.0282. The Kier molecular flexibility index (Phi) is 3.41. The van der Waals surface area contributed by atoms with Crippen LogP contribution in [0.15, 0.2) is 48.6 Å². The number of ketones is 1. The van der Waals surface area contributed by atoms with Gasteiger partial charge in [-0.25, -0.2) is 0 Å². The van der Waals surface area contributed by atoms with Gasteiger partial charge in [-0.3, -0.25) is 4.79 Å². The highest BCUT2D eigenvalue weighted by molar-refractivity contribution is 6.30. The number of hydrogen-bond donors (Lipinski definition) is 0. The summed E-state index contributed by atoms with van der Waals surface area (Å²) in [5.41, 5.74) is 0.0935. The molecule has 1 aromatic carbocycles. The van der Waals surface area contributed by atoms with Gasteiger partial charge in [0.25, 0.3) is 0 Å². The van der Waals surface area contributed by atoms with E-state index < -0.39 is 5.41 Å². The van der Waals surface area contributed by atoms with Crippen molar-refractivity contribution in [1.29, 1.82) is 0 Å². The summed E-state index contributed by atoms with van der Waals surface area (Å²) in [4.78, 5) is 12.0. The Morgan fingerprint density at radius 2 is 1.88 bits per heavy atom. The molecular formula is C14H12Cl2O. The Morgan fingerprint density at radius 3 is 2.41 bits per heavy atom. The smallest absolute Gasteiger partial charge is 0.145 e. The summed E-state index contributed by atoms with van der Waals surface area (Å²) < 4.78 is 0. The number of Topliss-reactive ketones (excluding diaryl/α,β-unsaturated/α-hetero) is 1. The summed E-state index contributed by atoms with van der Waals surface area (Å²) in [6.45, 7) is 1.56. The van der Waals surface area contributed by atoms with E-state index in [0.29, 0.717) is 5.02 Å². The van der Waals surface area contributed by atoms with Gasteiger partial charge in [-0.05, 0) is 24.6 Å². The maximum Gasteiger partial charge on any atom is 0.145 e. The lowest BCUT2D eigenvalue weighted by molar-refractivity contribution is -0.120. The summed E-state index contributed by atoms with van der Waals surface area (Å²) in [5.74, 6) is 0.0282. The zero-order valence-corrected chi connectivity index (χ0v) is 10.9. The van der Waals surface area contributed by atoms with Crippen LogP contribution in [0, 0.1) is 0 Å². The molecule has 1 aliphatic rings. The van der Waals surface area contributed by atoms with E-state index in [1.165, 1.54) is 0 Å². The van der Waals surface area contributed by atoms with Gasteiger partial charge in [0.2, 0.25) is 0 Å². The summed E-state index contributed by atoms with van der Waals surface area (Å²) in [5, 5.41) is 0.278. The summed E-state index contributed by atoms with van der Waals surface area (Å²) in [6.07, 6.45) is 7.40. The zero-order valence-electron chi connectivity index (χ0n) is 9.36. The fraction of sp³-hybridized carbons (Fsp3) is 0.214. The van der Waals surface area contributed by atoms with E-state index >= 15 is 0 Å². The van der Waals surface area contributed by atoms with Crippen LogP contribution in [-0.2, 0) is 10.2 Å². The molecule has 88 valence electrons. The van der Waals surface area contributed by atoms with Crippen molar-refractivity contribution in [3.8, 4) is 0 Å². The van der Waals surface area contributed by atoms with E-state index in [1.54, 1.807) is 19.1 Å². The molecule has 0 bridgehead atoms. The van der Waals surface area contributed by atoms with Gasteiger partial charge < -0.3 is 0 Å². The second-order valence-corrected chi connectivity index (χ2v) is 4.98. The number of benzene rings is 1. The average Bonchev–Trinajstić information content (AvgIpc) is 2.31. The van der Waals surface area contributed by atoms with Crippen molar-refractivity contribution >= 4 is 29.0 Å². The largest absolute Gasteiger partial charge is 0.299 e. The SMILES string of the molecule is CC(=O)C1(c2ccc(Cl)cc2)C=CC=CC1Cl. The number of halogens is 2. The van der Waals surface area contributed by atoms with Crippen molar-refractivity contribution in [1.82, 2.24) is 0 Å². The van der Waals surface area contributed by atoms with E-state index in [-0.39, 0.29) is 11.2 Å². The first-order valence-electron chi connectivity index (χ1n) is 5.34. The predicted octanol–water partition coefficient (Wildman–Crippen LogP) is 3.90. The molecule has 2 rings (SSSR count). The lowest BCUT2D eigenvalue weighted by Gasteiger charge is -2.33. The van der Waals surface area contributed by atoms with Crippen LogP contribution in [0.2, 0.25) is 5.02 Å². The molecule has 2 atom stereocenters. The standard InChI is InChI=1S/C14H12Cl2O/c1-10(17)14(9-3-2-4-13(14)16)11-5-7-12(15)8-6-11/h2-9,13H,1H3. The van der Waals surface area contributed by atoms with Gasteiger partial charge in [0.05, 0.1) is 10.8 Å². The molecule has 0 radical (unpaired) electrons. The molecule has 1 aliphatic carbocycles. The summed E-state index contributed by atoms with van der Waals surface area (Å²) in [6, 6.07) is 7.25. The van der Waals surface area contributed by atoms with Crippen LogP contribution in [0.25, 0.3) is 0 Å². The van der Waals surface area contributed by atoms with Gasteiger partial charge in [0.15, 0.2) is 0 Å². The molecule has 1 aromatic rings. The molecule has 0 saturated carbocycles. The first kappa shape index (κ1) is 12.4. The van der Waals surface area contributed by atoms with Gasteiger partial charge in [0, 0.05) is 5.02 Å². The third-order valence-corrected chi connectivity index (χ3v) is 3.83. The molecule has 0 heterocycles. The fourth-order valence-corrected chi connectivity index (χ4v) is 2.67. The zero-order chi connectivity index (χ0) is 12.5. The molecule has 0 N–H and O–H groups in total. The van der Waals surface area contributed by atoms with Crippen LogP contribution >= 0.6 is 23.2 Å². The number of allylic oxidation sites excluding steroid dienone is 4. The van der Waals surface area contributed by atoms with Crippen LogP contribution in [0.1, 0.15) is 12.5 Å². The number of carbonyl (C=O) groups excluding carboxylic acids is 1. The second kappa shape index (κ2) is 4.67. The van der Waals surface area contributed by atoms with Crippen molar-refractivity contribution in [2.24, 2.45) is 0 Å². The molecule has 2 unspecified atom stereocenters. The molecule has 1 nitrogen and oxygen atoms in total. The molecule has 0 aromatic heterocycles. The van der Waals surface area contributed by atoms with E-state index in [1.807, 2.05) is 36.4 Å². The maximum atomic E-state index is 12.0. The maximum absolute atomic E-state index is 12.0. The highest BCUT2D eigenvalue weighted by Gasteiger charge is 2.41. The van der Waals surface area contributed by atoms with Gasteiger partial charge in [-0.1, -0.05) is 48.0 Å². The number of carbonyl (C=O) groups is 1. The number of rotatable bonds is 2.